The molecule has 0 bridgehead atoms. The lowest BCUT2D eigenvalue weighted by molar-refractivity contribution is -0.138. The van der Waals surface area contributed by atoms with E-state index in [2.05, 4.69) is 4.99 Å². The minimum absolute atomic E-state index is 0.0514. The van der Waals surface area contributed by atoms with Crippen LogP contribution in [-0.4, -0.2) is 11.2 Å². The van der Waals surface area contributed by atoms with Crippen molar-refractivity contribution in [2.75, 3.05) is 6.61 Å². The van der Waals surface area contributed by atoms with E-state index in [1.54, 1.807) is 0 Å². The molecule has 0 N–H and O–H groups in total. The van der Waals surface area contributed by atoms with Crippen LogP contribution < -0.4 is 10.2 Å². The van der Waals surface area contributed by atoms with Crippen LogP contribution in [0, 0.1) is 0 Å². The van der Waals surface area contributed by atoms with Crippen LogP contribution in [0.3, 0.4) is 0 Å². The molecular weight excluding hydrogens is 398 g/mol. The molecule has 3 nitrogen and oxygen atoms in total. The molecule has 1 aliphatic heterocycles. The van der Waals surface area contributed by atoms with Crippen molar-refractivity contribution in [3.63, 3.8) is 0 Å². The van der Waals surface area contributed by atoms with Gasteiger partial charge in [-0.3, -0.25) is 4.99 Å². The van der Waals surface area contributed by atoms with Crippen molar-refractivity contribution in [3.05, 3.63) is 57.7 Å². The molecule has 1 aliphatic rings. The van der Waals surface area contributed by atoms with E-state index >= 15 is 0 Å². The Balaban J connectivity index is 2.05. The third kappa shape index (κ3) is 4.07. The van der Waals surface area contributed by atoms with Crippen molar-refractivity contribution >= 4 is 11.6 Å². The fourth-order valence-electron chi connectivity index (χ4n) is 2.81. The number of fused-ring (bicyclic) bond motifs is 1. The summed E-state index contributed by atoms with van der Waals surface area (Å²) in [5, 5.41) is -0.202. The highest BCUT2D eigenvalue weighted by Gasteiger charge is 2.33. The first-order chi connectivity index (χ1) is 12.5. The van der Waals surface area contributed by atoms with Gasteiger partial charge in [-0.25, -0.2) is 0 Å². The molecule has 0 fully saturated rings. The van der Waals surface area contributed by atoms with E-state index in [1.165, 1.54) is 13.1 Å². The molecule has 2 heterocycles. The number of benzene rings is 1. The van der Waals surface area contributed by atoms with Gasteiger partial charge >= 0.3 is 12.4 Å². The zero-order valence-corrected chi connectivity index (χ0v) is 14.6. The first-order valence-corrected chi connectivity index (χ1v) is 8.16. The van der Waals surface area contributed by atoms with Gasteiger partial charge in [0.05, 0.1) is 28.8 Å². The molecule has 1 unspecified atom stereocenters. The molecule has 10 heteroatoms. The van der Waals surface area contributed by atoms with Crippen molar-refractivity contribution in [3.8, 4) is 5.75 Å². The summed E-state index contributed by atoms with van der Waals surface area (Å²) < 4.78 is 83.6. The second-order valence-corrected chi connectivity index (χ2v) is 6.45. The van der Waals surface area contributed by atoms with Crippen molar-refractivity contribution in [2.45, 2.75) is 24.8 Å². The zero-order valence-electron chi connectivity index (χ0n) is 13.8. The Labute approximate surface area is 154 Å². The van der Waals surface area contributed by atoms with E-state index in [0.29, 0.717) is 12.0 Å². The minimum Gasteiger partial charge on any atom is -0.493 e. The summed E-state index contributed by atoms with van der Waals surface area (Å²) >= 11 is 5.98. The summed E-state index contributed by atoms with van der Waals surface area (Å²) in [6, 6.07) is 3.27. The number of alkyl halides is 6. The van der Waals surface area contributed by atoms with Crippen LogP contribution >= 0.6 is 11.6 Å². The lowest BCUT2D eigenvalue weighted by atomic mass is 9.99. The second kappa shape index (κ2) is 6.78. The largest absolute Gasteiger partial charge is 0.493 e. The van der Waals surface area contributed by atoms with E-state index in [9.17, 15) is 26.3 Å². The molecule has 1 atom stereocenters. The molecule has 1 aromatic carbocycles. The van der Waals surface area contributed by atoms with Crippen LogP contribution in [0.25, 0.3) is 0 Å². The Morgan fingerprint density at radius 3 is 2.33 bits per heavy atom. The van der Waals surface area contributed by atoms with Gasteiger partial charge in [-0.15, -0.1) is 0 Å². The number of hydrogen-bond acceptors (Lipinski definition) is 2. The number of hydrogen-bond donors (Lipinski definition) is 0. The monoisotopic (exact) mass is 410 g/mol. The Morgan fingerprint density at radius 1 is 1.07 bits per heavy atom. The normalized spacial score (nSPS) is 18.2. The Hall–Kier alpha value is -2.16. The van der Waals surface area contributed by atoms with Gasteiger partial charge in [0.2, 0.25) is 0 Å². The molecule has 3 rings (SSSR count). The van der Waals surface area contributed by atoms with Gasteiger partial charge in [-0.2, -0.15) is 26.3 Å². The van der Waals surface area contributed by atoms with Crippen molar-refractivity contribution in [2.24, 2.45) is 12.0 Å². The number of aromatic nitrogens is 1. The van der Waals surface area contributed by atoms with E-state index in [1.807, 2.05) is 0 Å². The number of rotatable bonds is 1. The van der Waals surface area contributed by atoms with E-state index in [0.717, 1.165) is 29.0 Å². The molecule has 0 amide bonds. The maximum absolute atomic E-state index is 12.9. The van der Waals surface area contributed by atoms with Gasteiger partial charge in [0.1, 0.15) is 11.2 Å². The van der Waals surface area contributed by atoms with E-state index in [4.69, 9.17) is 16.3 Å². The number of aryl methyl sites for hydroxylation is 1. The Bertz CT molecular complexity index is 906. The molecule has 2 aromatic rings. The number of nitrogens with zero attached hydrogens (tertiary/aromatic N) is 2. The summed E-state index contributed by atoms with van der Waals surface area (Å²) in [5.74, 6) is 0.0514. The fraction of sp³-hybridized carbons (Fsp3) is 0.353. The van der Waals surface area contributed by atoms with Gasteiger partial charge in [-0.05, 0) is 18.2 Å². The average Bonchev–Trinajstić information content (AvgIpc) is 2.55. The molecule has 146 valence electrons. The van der Waals surface area contributed by atoms with Gasteiger partial charge in [0.25, 0.3) is 0 Å². The lowest BCUT2D eigenvalue weighted by Crippen LogP contribution is -2.24. The van der Waals surface area contributed by atoms with Crippen molar-refractivity contribution < 1.29 is 31.1 Å². The lowest BCUT2D eigenvalue weighted by Gasteiger charge is -2.24. The molecule has 27 heavy (non-hydrogen) atoms. The van der Waals surface area contributed by atoms with Gasteiger partial charge in [0, 0.05) is 25.2 Å². The SMILES string of the molecule is Cn1cc(C(F)(F)F)cc(Cl)c1=NC1CCOc2cc(C(F)(F)F)ccc21. The van der Waals surface area contributed by atoms with Crippen LogP contribution in [0.2, 0.25) is 5.02 Å². The van der Waals surface area contributed by atoms with E-state index < -0.39 is 29.5 Å². The summed E-state index contributed by atoms with van der Waals surface area (Å²) in [6.45, 7) is 0.129. The summed E-state index contributed by atoms with van der Waals surface area (Å²) in [6.07, 6.45) is -7.85. The van der Waals surface area contributed by atoms with Gasteiger partial charge in [-0.1, -0.05) is 17.7 Å². The molecule has 0 aliphatic carbocycles. The maximum Gasteiger partial charge on any atom is 0.417 e. The first-order valence-electron chi connectivity index (χ1n) is 7.78. The standard InChI is InChI=1S/C17H13ClF6N2O/c1-26-8-10(17(22,23)24)6-12(18)15(26)25-13-4-5-27-14-7-9(16(19,20)21)2-3-11(13)14/h2-3,6-8,13H,4-5H2,1H3. The molecule has 0 radical (unpaired) electrons. The van der Waals surface area contributed by atoms with Crippen molar-refractivity contribution in [1.29, 1.82) is 0 Å². The smallest absolute Gasteiger partial charge is 0.417 e. The summed E-state index contributed by atoms with van der Waals surface area (Å²) in [4.78, 5) is 4.38. The van der Waals surface area contributed by atoms with Crippen LogP contribution in [0.15, 0.2) is 35.5 Å². The van der Waals surface area contributed by atoms with Crippen LogP contribution in [0.1, 0.15) is 29.2 Å². The molecule has 1 aromatic heterocycles. The fourth-order valence-corrected chi connectivity index (χ4v) is 3.11. The highest BCUT2D eigenvalue weighted by atomic mass is 35.5. The highest BCUT2D eigenvalue weighted by Crippen LogP contribution is 2.39. The topological polar surface area (TPSA) is 26.5 Å². The zero-order chi connectivity index (χ0) is 20.0. The molecule has 0 saturated heterocycles. The maximum atomic E-state index is 12.9. The average molecular weight is 411 g/mol. The number of pyridine rings is 1. The summed E-state index contributed by atoms with van der Waals surface area (Å²) in [7, 11) is 1.37. The van der Waals surface area contributed by atoms with Gasteiger partial charge < -0.3 is 9.30 Å². The Kier molecular flexibility index (Phi) is 4.92. The van der Waals surface area contributed by atoms with Crippen molar-refractivity contribution in [1.82, 2.24) is 4.57 Å². The highest BCUT2D eigenvalue weighted by molar-refractivity contribution is 6.30. The van der Waals surface area contributed by atoms with Crippen LogP contribution in [0.5, 0.6) is 5.75 Å². The van der Waals surface area contributed by atoms with Crippen LogP contribution in [-0.2, 0) is 19.4 Å². The third-order valence-corrected chi connectivity index (χ3v) is 4.39. The second-order valence-electron chi connectivity index (χ2n) is 6.04. The predicted octanol–water partition coefficient (Wildman–Crippen LogP) is 5.14. The number of ether oxygens (including phenoxy) is 1. The van der Waals surface area contributed by atoms with E-state index in [-0.39, 0.29) is 22.9 Å². The third-order valence-electron chi connectivity index (χ3n) is 4.12. The summed E-state index contributed by atoms with van der Waals surface area (Å²) in [5.41, 5.74) is -1.25. The molecule has 0 spiro atoms. The number of halogens is 7. The predicted molar refractivity (Wildman–Crippen MR) is 85.3 cm³/mol. The van der Waals surface area contributed by atoms with Crippen LogP contribution in [0.4, 0.5) is 26.3 Å². The minimum atomic E-state index is -4.56. The molecular formula is C17H13ClF6N2O. The van der Waals surface area contributed by atoms with Gasteiger partial charge in [0.15, 0.2) is 0 Å². The Morgan fingerprint density at radius 2 is 1.74 bits per heavy atom. The molecule has 0 saturated carbocycles. The first kappa shape index (κ1) is 19.6. The quantitative estimate of drug-likeness (QED) is 0.598.